The SMILES string of the molecule is COc1ccccc1CNC(=O)Nc1ccccc1. The van der Waals surface area contributed by atoms with Crippen LogP contribution in [0, 0.1) is 0 Å². The van der Waals surface area contributed by atoms with Crippen LogP contribution in [0.15, 0.2) is 54.6 Å². The van der Waals surface area contributed by atoms with Gasteiger partial charge in [-0.25, -0.2) is 4.79 Å². The lowest BCUT2D eigenvalue weighted by Gasteiger charge is -2.10. The van der Waals surface area contributed by atoms with E-state index in [0.29, 0.717) is 6.54 Å². The largest absolute Gasteiger partial charge is 0.496 e. The number of benzene rings is 2. The Kier molecular flexibility index (Phi) is 4.39. The van der Waals surface area contributed by atoms with Gasteiger partial charge in [0.25, 0.3) is 0 Å². The lowest BCUT2D eigenvalue weighted by Crippen LogP contribution is -2.28. The maximum atomic E-state index is 11.7. The topological polar surface area (TPSA) is 50.4 Å². The number of ether oxygens (including phenoxy) is 1. The fourth-order valence-corrected chi connectivity index (χ4v) is 1.72. The standard InChI is InChI=1S/C15H16N2O2/c1-19-14-10-6-5-7-12(14)11-16-15(18)17-13-8-3-2-4-9-13/h2-10H,11H2,1H3,(H2,16,17,18). The van der Waals surface area contributed by atoms with Crippen LogP contribution >= 0.6 is 0 Å². The van der Waals surface area contributed by atoms with Crippen molar-refractivity contribution in [3.05, 3.63) is 60.2 Å². The molecule has 0 spiro atoms. The zero-order valence-electron chi connectivity index (χ0n) is 10.7. The molecular weight excluding hydrogens is 240 g/mol. The number of hydrogen-bond donors (Lipinski definition) is 2. The van der Waals surface area contributed by atoms with E-state index in [2.05, 4.69) is 10.6 Å². The number of nitrogens with one attached hydrogen (secondary N) is 2. The van der Waals surface area contributed by atoms with E-state index >= 15 is 0 Å². The molecule has 0 heterocycles. The van der Waals surface area contributed by atoms with Crippen LogP contribution < -0.4 is 15.4 Å². The highest BCUT2D eigenvalue weighted by Crippen LogP contribution is 2.16. The second kappa shape index (κ2) is 6.44. The Morgan fingerprint density at radius 3 is 2.47 bits per heavy atom. The van der Waals surface area contributed by atoms with E-state index in [9.17, 15) is 4.79 Å². The molecule has 0 radical (unpaired) electrons. The zero-order chi connectivity index (χ0) is 13.5. The summed E-state index contributed by atoms with van der Waals surface area (Å²) in [5, 5.41) is 5.55. The molecule has 2 rings (SSSR count). The number of hydrogen-bond acceptors (Lipinski definition) is 2. The highest BCUT2D eigenvalue weighted by molar-refractivity contribution is 5.89. The number of carbonyl (C=O) groups excluding carboxylic acids is 1. The van der Waals surface area contributed by atoms with Crippen molar-refractivity contribution in [1.82, 2.24) is 5.32 Å². The van der Waals surface area contributed by atoms with E-state index in [-0.39, 0.29) is 6.03 Å². The molecule has 4 heteroatoms. The second-order valence-electron chi connectivity index (χ2n) is 3.99. The van der Waals surface area contributed by atoms with Crippen LogP contribution in [0.1, 0.15) is 5.56 Å². The minimum Gasteiger partial charge on any atom is -0.496 e. The third-order valence-electron chi connectivity index (χ3n) is 2.66. The highest BCUT2D eigenvalue weighted by Gasteiger charge is 2.04. The molecule has 2 aromatic rings. The van der Waals surface area contributed by atoms with Crippen LogP contribution in [-0.4, -0.2) is 13.1 Å². The fourth-order valence-electron chi connectivity index (χ4n) is 1.72. The molecule has 98 valence electrons. The monoisotopic (exact) mass is 256 g/mol. The summed E-state index contributed by atoms with van der Waals surface area (Å²) >= 11 is 0. The van der Waals surface area contributed by atoms with Crippen molar-refractivity contribution in [3.8, 4) is 5.75 Å². The molecule has 2 aromatic carbocycles. The van der Waals surface area contributed by atoms with Gasteiger partial charge in [0, 0.05) is 17.8 Å². The normalized spacial score (nSPS) is 9.74. The van der Waals surface area contributed by atoms with Gasteiger partial charge in [0.2, 0.25) is 0 Å². The van der Waals surface area contributed by atoms with Crippen LogP contribution in [0.3, 0.4) is 0 Å². The molecule has 0 aliphatic carbocycles. The van der Waals surface area contributed by atoms with Gasteiger partial charge in [0.05, 0.1) is 7.11 Å². The van der Waals surface area contributed by atoms with E-state index < -0.39 is 0 Å². The minimum atomic E-state index is -0.239. The van der Waals surface area contributed by atoms with Crippen LogP contribution in [0.5, 0.6) is 5.75 Å². The number of amides is 2. The molecule has 0 aliphatic heterocycles. The molecule has 19 heavy (non-hydrogen) atoms. The van der Waals surface area contributed by atoms with E-state index in [1.807, 2.05) is 54.6 Å². The molecule has 0 aromatic heterocycles. The number of anilines is 1. The molecule has 2 amide bonds. The number of rotatable bonds is 4. The van der Waals surface area contributed by atoms with Crippen molar-refractivity contribution in [2.24, 2.45) is 0 Å². The quantitative estimate of drug-likeness (QED) is 0.883. The number of methoxy groups -OCH3 is 1. The third kappa shape index (κ3) is 3.74. The summed E-state index contributed by atoms with van der Waals surface area (Å²) in [6.07, 6.45) is 0. The summed E-state index contributed by atoms with van der Waals surface area (Å²) in [4.78, 5) is 11.7. The van der Waals surface area contributed by atoms with E-state index in [4.69, 9.17) is 4.74 Å². The molecular formula is C15H16N2O2. The molecule has 0 unspecified atom stereocenters. The predicted octanol–water partition coefficient (Wildman–Crippen LogP) is 3.02. The smallest absolute Gasteiger partial charge is 0.319 e. The van der Waals surface area contributed by atoms with Gasteiger partial charge < -0.3 is 15.4 Å². The summed E-state index contributed by atoms with van der Waals surface area (Å²) in [5.41, 5.74) is 1.70. The predicted molar refractivity (Wildman–Crippen MR) is 75.3 cm³/mol. The van der Waals surface area contributed by atoms with E-state index in [1.165, 1.54) is 0 Å². The van der Waals surface area contributed by atoms with Gasteiger partial charge in [0.1, 0.15) is 5.75 Å². The second-order valence-corrected chi connectivity index (χ2v) is 3.99. The molecule has 0 fully saturated rings. The van der Waals surface area contributed by atoms with Gasteiger partial charge in [-0.2, -0.15) is 0 Å². The number of urea groups is 1. The van der Waals surface area contributed by atoms with Crippen molar-refractivity contribution < 1.29 is 9.53 Å². The number of para-hydroxylation sites is 2. The summed E-state index contributed by atoms with van der Waals surface area (Å²) in [7, 11) is 1.61. The first-order valence-electron chi connectivity index (χ1n) is 6.01. The summed E-state index contributed by atoms with van der Waals surface area (Å²) in [5.74, 6) is 0.766. The average molecular weight is 256 g/mol. The maximum Gasteiger partial charge on any atom is 0.319 e. The molecule has 0 saturated heterocycles. The van der Waals surface area contributed by atoms with Crippen molar-refractivity contribution >= 4 is 11.7 Å². The fraction of sp³-hybridized carbons (Fsp3) is 0.133. The first-order chi connectivity index (χ1) is 9.29. The van der Waals surface area contributed by atoms with Gasteiger partial charge >= 0.3 is 6.03 Å². The van der Waals surface area contributed by atoms with Crippen molar-refractivity contribution in [2.45, 2.75) is 6.54 Å². The Labute approximate surface area is 112 Å². The molecule has 2 N–H and O–H groups in total. The van der Waals surface area contributed by atoms with Crippen LogP contribution in [-0.2, 0) is 6.54 Å². The minimum absolute atomic E-state index is 0.239. The molecule has 0 saturated carbocycles. The number of carbonyl (C=O) groups is 1. The van der Waals surface area contributed by atoms with Gasteiger partial charge in [0.15, 0.2) is 0 Å². The van der Waals surface area contributed by atoms with Crippen LogP contribution in [0.2, 0.25) is 0 Å². The Hall–Kier alpha value is -2.49. The lowest BCUT2D eigenvalue weighted by atomic mass is 10.2. The third-order valence-corrected chi connectivity index (χ3v) is 2.66. The summed E-state index contributed by atoms with van der Waals surface area (Å²) in [6, 6.07) is 16.7. The molecule has 0 aliphatic rings. The van der Waals surface area contributed by atoms with Gasteiger partial charge in [-0.1, -0.05) is 36.4 Å². The zero-order valence-corrected chi connectivity index (χ0v) is 10.7. The van der Waals surface area contributed by atoms with Crippen molar-refractivity contribution in [1.29, 1.82) is 0 Å². The Bertz CT molecular complexity index is 541. The molecule has 0 atom stereocenters. The summed E-state index contributed by atoms with van der Waals surface area (Å²) in [6.45, 7) is 0.419. The van der Waals surface area contributed by atoms with Crippen molar-refractivity contribution in [3.63, 3.8) is 0 Å². The Morgan fingerprint density at radius 1 is 1.05 bits per heavy atom. The van der Waals surface area contributed by atoms with Gasteiger partial charge in [-0.15, -0.1) is 0 Å². The van der Waals surface area contributed by atoms with Crippen LogP contribution in [0.25, 0.3) is 0 Å². The first-order valence-corrected chi connectivity index (χ1v) is 6.01. The van der Waals surface area contributed by atoms with Gasteiger partial charge in [-0.05, 0) is 18.2 Å². The van der Waals surface area contributed by atoms with Crippen molar-refractivity contribution in [2.75, 3.05) is 12.4 Å². The Balaban J connectivity index is 1.90. The summed E-state index contributed by atoms with van der Waals surface area (Å²) < 4.78 is 5.22. The lowest BCUT2D eigenvalue weighted by molar-refractivity contribution is 0.251. The van der Waals surface area contributed by atoms with E-state index in [0.717, 1.165) is 17.0 Å². The molecule has 0 bridgehead atoms. The highest BCUT2D eigenvalue weighted by atomic mass is 16.5. The maximum absolute atomic E-state index is 11.7. The molecule has 4 nitrogen and oxygen atoms in total. The van der Waals surface area contributed by atoms with E-state index in [1.54, 1.807) is 7.11 Å². The van der Waals surface area contributed by atoms with Gasteiger partial charge in [-0.3, -0.25) is 0 Å². The van der Waals surface area contributed by atoms with Crippen LogP contribution in [0.4, 0.5) is 10.5 Å². The first kappa shape index (κ1) is 13.0. The Morgan fingerprint density at radius 2 is 1.74 bits per heavy atom. The average Bonchev–Trinajstić information content (AvgIpc) is 2.46.